The van der Waals surface area contributed by atoms with Crippen molar-refractivity contribution >= 4 is 35.8 Å². The van der Waals surface area contributed by atoms with Crippen molar-refractivity contribution in [3.05, 3.63) is 35.8 Å². The lowest BCUT2D eigenvalue weighted by atomic mass is 10.2. The summed E-state index contributed by atoms with van der Waals surface area (Å²) >= 11 is 0. The molecule has 1 saturated heterocycles. The average Bonchev–Trinajstić information content (AvgIpc) is 3.06. The Balaban J connectivity index is 0.00000280. The van der Waals surface area contributed by atoms with E-state index in [0.29, 0.717) is 18.2 Å². The second-order valence-electron chi connectivity index (χ2n) is 6.71. The van der Waals surface area contributed by atoms with Crippen LogP contribution in [0.4, 0.5) is 21.8 Å². The summed E-state index contributed by atoms with van der Waals surface area (Å²) in [5, 5.41) is 15.5. The van der Waals surface area contributed by atoms with E-state index in [1.54, 1.807) is 0 Å². The van der Waals surface area contributed by atoms with Gasteiger partial charge in [-0.2, -0.15) is 4.98 Å². The van der Waals surface area contributed by atoms with Gasteiger partial charge in [0.1, 0.15) is 5.82 Å². The summed E-state index contributed by atoms with van der Waals surface area (Å²) in [6, 6.07) is 6.08. The van der Waals surface area contributed by atoms with Crippen molar-refractivity contribution in [3.8, 4) is 5.75 Å². The number of phenols is 1. The monoisotopic (exact) mass is 409 g/mol. The molecule has 1 aliphatic rings. The highest BCUT2D eigenvalue weighted by Crippen LogP contribution is 2.25. The number of rotatable bonds is 6. The van der Waals surface area contributed by atoms with Crippen molar-refractivity contribution in [2.24, 2.45) is 0 Å². The van der Waals surface area contributed by atoms with Gasteiger partial charge < -0.3 is 20.6 Å². The predicted octanol–water partition coefficient (Wildman–Crippen LogP) is 3.15. The van der Waals surface area contributed by atoms with E-state index >= 15 is 0 Å². The van der Waals surface area contributed by atoms with Gasteiger partial charge in [0.25, 0.3) is 0 Å². The number of hydrogen-bond acceptors (Lipinski definition) is 6. The highest BCUT2D eigenvalue weighted by Gasteiger charge is 2.24. The zero-order valence-electron chi connectivity index (χ0n) is 15.9. The fraction of sp³-hybridized carbons (Fsp3) is 0.421. The molecule has 1 aliphatic heterocycles. The maximum atomic E-state index is 13.3. The van der Waals surface area contributed by atoms with Crippen molar-refractivity contribution < 1.29 is 14.3 Å². The number of phenolic OH excluding ortho intramolecular Hbond substituents is 1. The number of hydrogen-bond donors (Lipinski definition) is 3. The third kappa shape index (κ3) is 5.45. The highest BCUT2D eigenvalue weighted by atomic mass is 35.5. The second-order valence-corrected chi connectivity index (χ2v) is 6.71. The molecule has 1 aromatic carbocycles. The Morgan fingerprint density at radius 3 is 2.82 bits per heavy atom. The maximum absolute atomic E-state index is 13.3. The smallest absolute Gasteiger partial charge is 0.229 e. The highest BCUT2D eigenvalue weighted by molar-refractivity contribution is 5.85. The van der Waals surface area contributed by atoms with Gasteiger partial charge >= 0.3 is 0 Å². The maximum Gasteiger partial charge on any atom is 0.229 e. The molecule has 9 heteroatoms. The average molecular weight is 410 g/mol. The molecule has 28 heavy (non-hydrogen) atoms. The number of carbonyl (C=O) groups is 1. The molecule has 0 spiro atoms. The summed E-state index contributed by atoms with van der Waals surface area (Å²) < 4.78 is 13.3. The third-order valence-electron chi connectivity index (χ3n) is 4.39. The fourth-order valence-corrected chi connectivity index (χ4v) is 3.18. The summed E-state index contributed by atoms with van der Waals surface area (Å²) in [4.78, 5) is 22.5. The van der Waals surface area contributed by atoms with Crippen LogP contribution in [0.5, 0.6) is 5.75 Å². The zero-order chi connectivity index (χ0) is 19.4. The molecule has 0 bridgehead atoms. The third-order valence-corrected chi connectivity index (χ3v) is 4.39. The molecule has 7 nitrogen and oxygen atoms in total. The first-order valence-electron chi connectivity index (χ1n) is 9.10. The number of halogens is 2. The van der Waals surface area contributed by atoms with E-state index in [1.165, 1.54) is 25.1 Å². The SMILES string of the molecule is CCCc1cc(N2CC[C@H](NC(C)=O)C2)nc(Nc2ccc(F)c(O)c2)n1.Cl. The number of aryl methyl sites for hydroxylation is 1. The van der Waals surface area contributed by atoms with E-state index in [9.17, 15) is 14.3 Å². The quantitative estimate of drug-likeness (QED) is 0.679. The normalized spacial score (nSPS) is 15.8. The van der Waals surface area contributed by atoms with Crippen LogP contribution in [-0.4, -0.2) is 40.1 Å². The van der Waals surface area contributed by atoms with Crippen LogP contribution in [0.1, 0.15) is 32.4 Å². The molecule has 152 valence electrons. The lowest BCUT2D eigenvalue weighted by Crippen LogP contribution is -2.35. The fourth-order valence-electron chi connectivity index (χ4n) is 3.18. The van der Waals surface area contributed by atoms with Crippen LogP contribution in [0, 0.1) is 5.82 Å². The Labute approximate surface area is 169 Å². The molecule has 0 saturated carbocycles. The van der Waals surface area contributed by atoms with Gasteiger partial charge in [0.2, 0.25) is 11.9 Å². The van der Waals surface area contributed by atoms with Gasteiger partial charge in [-0.05, 0) is 25.0 Å². The number of carbonyl (C=O) groups excluding carboxylic acids is 1. The molecular formula is C19H25ClFN5O2. The van der Waals surface area contributed by atoms with Gasteiger partial charge in [0.05, 0.1) is 0 Å². The molecular weight excluding hydrogens is 385 g/mol. The van der Waals surface area contributed by atoms with Crippen molar-refractivity contribution in [2.45, 2.75) is 39.2 Å². The molecule has 1 atom stereocenters. The second kappa shape index (κ2) is 9.54. The molecule has 1 aromatic heterocycles. The Bertz CT molecular complexity index is 836. The number of nitrogens with zero attached hydrogens (tertiary/aromatic N) is 3. The molecule has 0 unspecified atom stereocenters. The first-order valence-corrected chi connectivity index (χ1v) is 9.10. The summed E-state index contributed by atoms with van der Waals surface area (Å²) in [6.07, 6.45) is 2.62. The van der Waals surface area contributed by atoms with Gasteiger partial charge in [-0.3, -0.25) is 4.79 Å². The predicted molar refractivity (Wildman–Crippen MR) is 109 cm³/mol. The van der Waals surface area contributed by atoms with Crippen LogP contribution >= 0.6 is 12.4 Å². The van der Waals surface area contributed by atoms with Crippen LogP contribution < -0.4 is 15.5 Å². The first-order chi connectivity index (χ1) is 12.9. The van der Waals surface area contributed by atoms with Crippen LogP contribution in [0.15, 0.2) is 24.3 Å². The van der Waals surface area contributed by atoms with Crippen LogP contribution in [0.25, 0.3) is 0 Å². The lowest BCUT2D eigenvalue weighted by molar-refractivity contribution is -0.119. The number of benzene rings is 1. The van der Waals surface area contributed by atoms with E-state index in [0.717, 1.165) is 37.3 Å². The molecule has 3 rings (SSSR count). The van der Waals surface area contributed by atoms with Crippen molar-refractivity contribution in [2.75, 3.05) is 23.3 Å². The Hall–Kier alpha value is -2.61. The van der Waals surface area contributed by atoms with Crippen molar-refractivity contribution in [1.29, 1.82) is 0 Å². The summed E-state index contributed by atoms with van der Waals surface area (Å²) in [5.74, 6) is 0.0420. The minimum absolute atomic E-state index is 0. The zero-order valence-corrected chi connectivity index (χ0v) is 16.7. The molecule has 0 aliphatic carbocycles. The lowest BCUT2D eigenvalue weighted by Gasteiger charge is -2.19. The number of anilines is 3. The number of aromatic nitrogens is 2. The van der Waals surface area contributed by atoms with Crippen molar-refractivity contribution in [1.82, 2.24) is 15.3 Å². The first kappa shape index (κ1) is 21.7. The van der Waals surface area contributed by atoms with Crippen LogP contribution in [0.3, 0.4) is 0 Å². The van der Waals surface area contributed by atoms with E-state index in [2.05, 4.69) is 32.4 Å². The Morgan fingerprint density at radius 1 is 1.36 bits per heavy atom. The van der Waals surface area contributed by atoms with Gasteiger partial charge in [-0.15, -0.1) is 12.4 Å². The number of amides is 1. The van der Waals surface area contributed by atoms with Gasteiger partial charge in [0, 0.05) is 49.6 Å². The Kier molecular flexibility index (Phi) is 7.39. The van der Waals surface area contributed by atoms with Crippen molar-refractivity contribution in [3.63, 3.8) is 0 Å². The molecule has 0 radical (unpaired) electrons. The molecule has 1 fully saturated rings. The number of aromatic hydroxyl groups is 1. The van der Waals surface area contributed by atoms with E-state index in [1.807, 2.05) is 6.07 Å². The van der Waals surface area contributed by atoms with Crippen LogP contribution in [-0.2, 0) is 11.2 Å². The Morgan fingerprint density at radius 2 is 2.14 bits per heavy atom. The molecule has 2 heterocycles. The minimum Gasteiger partial charge on any atom is -0.505 e. The van der Waals surface area contributed by atoms with E-state index < -0.39 is 11.6 Å². The number of nitrogens with one attached hydrogen (secondary N) is 2. The summed E-state index contributed by atoms with van der Waals surface area (Å²) in [5.41, 5.74) is 1.41. The van der Waals surface area contributed by atoms with Gasteiger partial charge in [-0.25, -0.2) is 9.37 Å². The van der Waals surface area contributed by atoms with E-state index in [-0.39, 0.29) is 24.4 Å². The largest absolute Gasteiger partial charge is 0.505 e. The molecule has 3 N–H and O–H groups in total. The topological polar surface area (TPSA) is 90.4 Å². The van der Waals surface area contributed by atoms with E-state index in [4.69, 9.17) is 0 Å². The van der Waals surface area contributed by atoms with Gasteiger partial charge in [-0.1, -0.05) is 13.3 Å². The summed E-state index contributed by atoms with van der Waals surface area (Å²) in [6.45, 7) is 5.09. The summed E-state index contributed by atoms with van der Waals surface area (Å²) in [7, 11) is 0. The molecule has 1 amide bonds. The molecule has 2 aromatic rings. The van der Waals surface area contributed by atoms with Crippen LogP contribution in [0.2, 0.25) is 0 Å². The standard InChI is InChI=1S/C19H24FN5O2.ClH/c1-3-4-13-10-18(25-8-7-15(11-25)21-12(2)26)24-19(22-13)23-14-5-6-16(20)17(27)9-14;/h5-6,9-10,15,27H,3-4,7-8,11H2,1-2H3,(H,21,26)(H,22,23,24);1H/t15-;/m0./s1. The van der Waals surface area contributed by atoms with Gasteiger partial charge in [0.15, 0.2) is 11.6 Å². The minimum atomic E-state index is -0.678.